The van der Waals surface area contributed by atoms with Gasteiger partial charge in [0.2, 0.25) is 0 Å². The first-order valence-corrected chi connectivity index (χ1v) is 6.25. The zero-order chi connectivity index (χ0) is 16.7. The van der Waals surface area contributed by atoms with Crippen molar-refractivity contribution < 1.29 is 32.4 Å². The fraction of sp³-hybridized carbons (Fsp3) is 0. The van der Waals surface area contributed by atoms with Crippen LogP contribution in [-0.2, 0) is 4.84 Å². The third-order valence-electron chi connectivity index (χ3n) is 3.19. The van der Waals surface area contributed by atoms with Crippen molar-refractivity contribution in [1.82, 2.24) is 5.06 Å². The molecule has 0 unspecified atom stereocenters. The smallest absolute Gasteiger partial charge is 0.324 e. The van der Waals surface area contributed by atoms with Crippen molar-refractivity contribution in [2.24, 2.45) is 0 Å². The molecule has 0 saturated carbocycles. The second-order valence-corrected chi connectivity index (χ2v) is 4.55. The number of fused-ring (bicyclic) bond motifs is 1. The van der Waals surface area contributed by atoms with Crippen molar-refractivity contribution in [1.29, 1.82) is 0 Å². The molecule has 2 aromatic carbocycles. The van der Waals surface area contributed by atoms with E-state index in [-0.39, 0.29) is 16.2 Å². The van der Waals surface area contributed by atoms with E-state index < -0.39 is 40.8 Å². The summed E-state index contributed by atoms with van der Waals surface area (Å²) < 4.78 is 39.5. The van der Waals surface area contributed by atoms with Gasteiger partial charge < -0.3 is 4.84 Å². The van der Waals surface area contributed by atoms with Gasteiger partial charge in [0.05, 0.1) is 11.1 Å². The summed E-state index contributed by atoms with van der Waals surface area (Å²) in [7, 11) is 0. The molecule has 0 atom stereocenters. The van der Waals surface area contributed by atoms with Gasteiger partial charge in [-0.2, -0.15) is 0 Å². The lowest BCUT2D eigenvalue weighted by molar-refractivity contribution is -0.0588. The van der Waals surface area contributed by atoms with E-state index in [1.807, 2.05) is 0 Å². The molecular weight excluding hydrogens is 315 g/mol. The summed E-state index contributed by atoms with van der Waals surface area (Å²) in [6.45, 7) is 0. The second-order valence-electron chi connectivity index (χ2n) is 4.55. The fourth-order valence-electron chi connectivity index (χ4n) is 2.07. The third kappa shape index (κ3) is 2.24. The number of nitrogens with zero attached hydrogens (tertiary/aromatic N) is 1. The Morgan fingerprint density at radius 3 is 2.00 bits per heavy atom. The molecule has 0 fully saturated rings. The Labute approximate surface area is 126 Å². The van der Waals surface area contributed by atoms with E-state index in [1.54, 1.807) is 0 Å². The Kier molecular flexibility index (Phi) is 3.36. The average molecular weight is 321 g/mol. The van der Waals surface area contributed by atoms with Crippen molar-refractivity contribution in [2.75, 3.05) is 0 Å². The first-order valence-electron chi connectivity index (χ1n) is 6.25. The van der Waals surface area contributed by atoms with Crippen molar-refractivity contribution in [3.05, 3.63) is 70.5 Å². The van der Waals surface area contributed by atoms with Crippen LogP contribution in [0.5, 0.6) is 0 Å². The number of benzene rings is 2. The Hall–Kier alpha value is -3.16. The van der Waals surface area contributed by atoms with Gasteiger partial charge in [0.1, 0.15) is 5.56 Å². The van der Waals surface area contributed by atoms with Crippen LogP contribution in [0.2, 0.25) is 0 Å². The van der Waals surface area contributed by atoms with E-state index in [1.165, 1.54) is 24.3 Å². The molecule has 23 heavy (non-hydrogen) atoms. The minimum atomic E-state index is -1.86. The molecule has 1 aliphatic rings. The number of imide groups is 1. The van der Waals surface area contributed by atoms with Crippen LogP contribution in [0, 0.1) is 17.5 Å². The highest BCUT2D eigenvalue weighted by atomic mass is 19.2. The van der Waals surface area contributed by atoms with Gasteiger partial charge in [-0.25, -0.2) is 18.0 Å². The van der Waals surface area contributed by atoms with Crippen LogP contribution in [0.1, 0.15) is 31.1 Å². The monoisotopic (exact) mass is 321 g/mol. The van der Waals surface area contributed by atoms with Gasteiger partial charge in [-0.3, -0.25) is 9.59 Å². The molecule has 0 spiro atoms. The summed E-state index contributed by atoms with van der Waals surface area (Å²) in [4.78, 5) is 40.3. The Morgan fingerprint density at radius 2 is 1.43 bits per heavy atom. The van der Waals surface area contributed by atoms with Gasteiger partial charge in [0.25, 0.3) is 11.8 Å². The minimum Gasteiger partial charge on any atom is -0.324 e. The van der Waals surface area contributed by atoms with Crippen molar-refractivity contribution in [3.8, 4) is 0 Å². The highest BCUT2D eigenvalue weighted by molar-refractivity contribution is 6.21. The van der Waals surface area contributed by atoms with E-state index in [9.17, 15) is 27.6 Å². The average Bonchev–Trinajstić information content (AvgIpc) is 2.78. The van der Waals surface area contributed by atoms with Gasteiger partial charge in [0.15, 0.2) is 17.5 Å². The van der Waals surface area contributed by atoms with E-state index in [4.69, 9.17) is 0 Å². The first kappa shape index (κ1) is 14.8. The largest absolute Gasteiger partial charge is 0.367 e. The molecule has 5 nitrogen and oxygen atoms in total. The quantitative estimate of drug-likeness (QED) is 0.630. The summed E-state index contributed by atoms with van der Waals surface area (Å²) >= 11 is 0. The Morgan fingerprint density at radius 1 is 0.870 bits per heavy atom. The molecule has 1 heterocycles. The van der Waals surface area contributed by atoms with Crippen LogP contribution in [-0.4, -0.2) is 22.8 Å². The number of halogens is 3. The number of amides is 2. The summed E-state index contributed by atoms with van der Waals surface area (Å²) in [6, 6.07) is 6.88. The molecule has 0 N–H and O–H groups in total. The minimum absolute atomic E-state index is 0.0102. The maximum absolute atomic E-state index is 13.5. The molecule has 0 aliphatic carbocycles. The lowest BCUT2D eigenvalue weighted by atomic mass is 10.1. The van der Waals surface area contributed by atoms with E-state index in [0.717, 1.165) is 0 Å². The zero-order valence-corrected chi connectivity index (χ0v) is 11.2. The number of rotatable bonds is 2. The van der Waals surface area contributed by atoms with Crippen LogP contribution >= 0.6 is 0 Å². The van der Waals surface area contributed by atoms with Crippen LogP contribution in [0.4, 0.5) is 13.2 Å². The summed E-state index contributed by atoms with van der Waals surface area (Å²) in [5.41, 5.74) is -0.924. The molecule has 2 amide bonds. The molecule has 0 aromatic heterocycles. The first-order chi connectivity index (χ1) is 10.9. The van der Waals surface area contributed by atoms with Gasteiger partial charge in [-0.05, 0) is 24.3 Å². The highest BCUT2D eigenvalue weighted by Gasteiger charge is 2.39. The SMILES string of the molecule is O=C(ON1C(=O)c2ccccc2C1=O)c1ccc(F)c(F)c1F. The van der Waals surface area contributed by atoms with Crippen LogP contribution in [0.3, 0.4) is 0 Å². The lowest BCUT2D eigenvalue weighted by Gasteiger charge is -2.13. The van der Waals surface area contributed by atoms with Gasteiger partial charge in [-0.1, -0.05) is 17.2 Å². The van der Waals surface area contributed by atoms with Crippen LogP contribution in [0.25, 0.3) is 0 Å². The maximum atomic E-state index is 13.5. The fourth-order valence-corrected chi connectivity index (χ4v) is 2.07. The number of hydroxylamine groups is 2. The van der Waals surface area contributed by atoms with Crippen molar-refractivity contribution in [2.45, 2.75) is 0 Å². The molecule has 0 bridgehead atoms. The third-order valence-corrected chi connectivity index (χ3v) is 3.19. The molecule has 8 heteroatoms. The van der Waals surface area contributed by atoms with Crippen LogP contribution < -0.4 is 0 Å². The molecule has 1 aliphatic heterocycles. The summed E-state index contributed by atoms with van der Waals surface area (Å²) in [5, 5.41) is 0.147. The van der Waals surface area contributed by atoms with E-state index >= 15 is 0 Å². The highest BCUT2D eigenvalue weighted by Crippen LogP contribution is 2.24. The molecule has 3 rings (SSSR count). The van der Waals surface area contributed by atoms with Crippen molar-refractivity contribution in [3.63, 3.8) is 0 Å². The maximum Gasteiger partial charge on any atom is 0.367 e. The normalized spacial score (nSPS) is 13.3. The van der Waals surface area contributed by atoms with E-state index in [0.29, 0.717) is 12.1 Å². The molecule has 116 valence electrons. The number of hydrogen-bond acceptors (Lipinski definition) is 4. The zero-order valence-electron chi connectivity index (χ0n) is 11.2. The molecule has 2 aromatic rings. The predicted molar refractivity (Wildman–Crippen MR) is 68.7 cm³/mol. The topological polar surface area (TPSA) is 63.7 Å². The second kappa shape index (κ2) is 5.24. The van der Waals surface area contributed by atoms with E-state index in [2.05, 4.69) is 4.84 Å². The van der Waals surface area contributed by atoms with Crippen LogP contribution in [0.15, 0.2) is 36.4 Å². The van der Waals surface area contributed by atoms with Gasteiger partial charge in [-0.15, -0.1) is 0 Å². The number of hydrogen-bond donors (Lipinski definition) is 0. The molecule has 0 saturated heterocycles. The lowest BCUT2D eigenvalue weighted by Crippen LogP contribution is -2.33. The Bertz CT molecular complexity index is 831. The van der Waals surface area contributed by atoms with Gasteiger partial charge >= 0.3 is 5.97 Å². The van der Waals surface area contributed by atoms with Crippen molar-refractivity contribution >= 4 is 17.8 Å². The molecular formula is C15H6F3NO4. The molecule has 0 radical (unpaired) electrons. The number of carbonyl (C=O) groups excluding carboxylic acids is 3. The summed E-state index contributed by atoms with van der Waals surface area (Å²) in [5.74, 6) is -8.45. The summed E-state index contributed by atoms with van der Waals surface area (Å²) in [6.07, 6.45) is 0. The standard InChI is InChI=1S/C15H6F3NO4/c16-10-6-5-9(11(17)12(10)18)15(22)23-19-13(20)7-3-1-2-4-8(7)14(19)21/h1-6H. The number of carbonyl (C=O) groups is 3. The van der Waals surface area contributed by atoms with Gasteiger partial charge in [0, 0.05) is 0 Å². The Balaban J connectivity index is 1.89. The predicted octanol–water partition coefficient (Wildman–Crippen LogP) is 2.47.